The molecule has 1 amide bonds. The topological polar surface area (TPSA) is 59.2 Å². The van der Waals surface area contributed by atoms with E-state index in [2.05, 4.69) is 20.8 Å². The smallest absolute Gasteiger partial charge is 0.266 e. The molecule has 4 nitrogen and oxygen atoms in total. The largest absolute Gasteiger partial charge is 0.397 e. The van der Waals surface area contributed by atoms with Gasteiger partial charge in [-0.2, -0.15) is 0 Å². The Hall–Kier alpha value is -1.62. The molecule has 0 aliphatic carbocycles. The predicted molar refractivity (Wildman–Crippen MR) is 102 cm³/mol. The van der Waals surface area contributed by atoms with E-state index in [9.17, 15) is 4.79 Å². The maximum atomic E-state index is 13.1. The van der Waals surface area contributed by atoms with Crippen molar-refractivity contribution in [3.63, 3.8) is 0 Å². The summed E-state index contributed by atoms with van der Waals surface area (Å²) in [7, 11) is 0. The Bertz CT molecular complexity index is 730. The Morgan fingerprint density at radius 1 is 1.33 bits per heavy atom. The number of likely N-dealkylation sites (tertiary alicyclic amines) is 1. The summed E-state index contributed by atoms with van der Waals surface area (Å²) in [5.41, 5.74) is 7.99. The fourth-order valence-corrected chi connectivity index (χ4v) is 4.69. The third kappa shape index (κ3) is 3.14. The average molecular weight is 346 g/mol. The van der Waals surface area contributed by atoms with E-state index in [1.54, 1.807) is 0 Å². The minimum absolute atomic E-state index is 0.0744. The Labute approximate surface area is 148 Å². The SMILES string of the molecule is CCCCc1ccc2c(N)c(C(=O)N3[C@@H](C)CCC[C@@H]3C)sc2n1. The molecule has 2 aromatic rings. The zero-order chi connectivity index (χ0) is 17.3. The van der Waals surface area contributed by atoms with Gasteiger partial charge in [-0.3, -0.25) is 4.79 Å². The summed E-state index contributed by atoms with van der Waals surface area (Å²) in [5.74, 6) is 0.0744. The van der Waals surface area contributed by atoms with E-state index in [-0.39, 0.29) is 18.0 Å². The van der Waals surface area contributed by atoms with Gasteiger partial charge in [-0.25, -0.2) is 4.98 Å². The molecule has 0 spiro atoms. The summed E-state index contributed by atoms with van der Waals surface area (Å²) in [6.07, 6.45) is 6.60. The number of hydrogen-bond donors (Lipinski definition) is 1. The highest BCUT2D eigenvalue weighted by Gasteiger charge is 2.32. The van der Waals surface area contributed by atoms with Crippen LogP contribution in [0.1, 0.15) is 68.2 Å². The minimum atomic E-state index is 0.0744. The second-order valence-corrected chi connectivity index (χ2v) is 7.94. The number of aromatic nitrogens is 1. The summed E-state index contributed by atoms with van der Waals surface area (Å²) in [6.45, 7) is 6.45. The van der Waals surface area contributed by atoms with Crippen molar-refractivity contribution in [3.8, 4) is 0 Å². The number of rotatable bonds is 4. The van der Waals surface area contributed by atoms with Crippen LogP contribution in [0.2, 0.25) is 0 Å². The van der Waals surface area contributed by atoms with Gasteiger partial charge in [0.15, 0.2) is 0 Å². The number of nitrogens with zero attached hydrogens (tertiary/aromatic N) is 2. The van der Waals surface area contributed by atoms with Crippen LogP contribution in [0.5, 0.6) is 0 Å². The van der Waals surface area contributed by atoms with Crippen molar-refractivity contribution in [1.29, 1.82) is 0 Å². The molecule has 0 aromatic carbocycles. The van der Waals surface area contributed by atoms with Crippen molar-refractivity contribution in [2.45, 2.75) is 71.4 Å². The van der Waals surface area contributed by atoms with Gasteiger partial charge in [0.2, 0.25) is 0 Å². The first-order valence-corrected chi connectivity index (χ1v) is 9.85. The molecule has 24 heavy (non-hydrogen) atoms. The molecule has 1 aliphatic rings. The summed E-state index contributed by atoms with van der Waals surface area (Å²) >= 11 is 1.45. The van der Waals surface area contributed by atoms with Crippen LogP contribution < -0.4 is 5.73 Å². The fraction of sp³-hybridized carbons (Fsp3) is 0.579. The van der Waals surface area contributed by atoms with E-state index in [1.165, 1.54) is 17.8 Å². The van der Waals surface area contributed by atoms with Crippen LogP contribution in [0.25, 0.3) is 10.2 Å². The lowest BCUT2D eigenvalue weighted by Gasteiger charge is -2.38. The van der Waals surface area contributed by atoms with Gasteiger partial charge in [0.25, 0.3) is 5.91 Å². The van der Waals surface area contributed by atoms with Crippen molar-refractivity contribution in [2.75, 3.05) is 5.73 Å². The molecule has 1 aliphatic heterocycles. The molecule has 5 heteroatoms. The first-order chi connectivity index (χ1) is 11.5. The van der Waals surface area contributed by atoms with Crippen LogP contribution in [0.3, 0.4) is 0 Å². The molecule has 0 saturated carbocycles. The van der Waals surface area contributed by atoms with Crippen LogP contribution >= 0.6 is 11.3 Å². The highest BCUT2D eigenvalue weighted by molar-refractivity contribution is 7.21. The van der Waals surface area contributed by atoms with E-state index in [4.69, 9.17) is 10.7 Å². The molecule has 0 bridgehead atoms. The highest BCUT2D eigenvalue weighted by atomic mass is 32.1. The minimum Gasteiger partial charge on any atom is -0.397 e. The van der Waals surface area contributed by atoms with Crippen molar-refractivity contribution >= 4 is 33.1 Å². The number of anilines is 1. The maximum absolute atomic E-state index is 13.1. The van der Waals surface area contributed by atoms with Gasteiger partial charge >= 0.3 is 0 Å². The molecule has 2 atom stereocenters. The second kappa shape index (κ2) is 7.09. The summed E-state index contributed by atoms with van der Waals surface area (Å²) < 4.78 is 0. The second-order valence-electron chi connectivity index (χ2n) is 6.95. The molecule has 0 radical (unpaired) electrons. The van der Waals surface area contributed by atoms with Gasteiger partial charge in [-0.1, -0.05) is 13.3 Å². The van der Waals surface area contributed by atoms with Gasteiger partial charge in [-0.15, -0.1) is 11.3 Å². The van der Waals surface area contributed by atoms with Crippen LogP contribution in [-0.2, 0) is 6.42 Å². The zero-order valence-corrected chi connectivity index (χ0v) is 15.7. The van der Waals surface area contributed by atoms with Crippen molar-refractivity contribution in [2.24, 2.45) is 0 Å². The molecular formula is C19H27N3OS. The Kier molecular flexibility index (Phi) is 5.09. The number of carbonyl (C=O) groups excluding carboxylic acids is 1. The van der Waals surface area contributed by atoms with E-state index in [1.807, 2.05) is 17.0 Å². The lowest BCUT2D eigenvalue weighted by molar-refractivity contribution is 0.0517. The van der Waals surface area contributed by atoms with Crippen molar-refractivity contribution in [1.82, 2.24) is 9.88 Å². The molecule has 3 rings (SSSR count). The molecule has 0 unspecified atom stereocenters. The van der Waals surface area contributed by atoms with Crippen LogP contribution in [0, 0.1) is 0 Å². The fourth-order valence-electron chi connectivity index (χ4n) is 3.63. The lowest BCUT2D eigenvalue weighted by atomic mass is 9.97. The molecule has 3 heterocycles. The number of thiophene rings is 1. The number of fused-ring (bicyclic) bond motifs is 1. The Balaban J connectivity index is 1.93. The van der Waals surface area contributed by atoms with Crippen LogP contribution in [0.4, 0.5) is 5.69 Å². The van der Waals surface area contributed by atoms with E-state index >= 15 is 0 Å². The summed E-state index contributed by atoms with van der Waals surface area (Å²) in [6, 6.07) is 4.62. The van der Waals surface area contributed by atoms with Crippen molar-refractivity contribution < 1.29 is 4.79 Å². The monoisotopic (exact) mass is 345 g/mol. The number of nitrogen functional groups attached to an aromatic ring is 1. The van der Waals surface area contributed by atoms with E-state index in [0.717, 1.165) is 48.0 Å². The molecule has 2 N–H and O–H groups in total. The van der Waals surface area contributed by atoms with Crippen molar-refractivity contribution in [3.05, 3.63) is 22.7 Å². The van der Waals surface area contributed by atoms with Crippen LogP contribution in [0.15, 0.2) is 12.1 Å². The molecule has 1 saturated heterocycles. The van der Waals surface area contributed by atoms with Gasteiger partial charge < -0.3 is 10.6 Å². The van der Waals surface area contributed by atoms with E-state index in [0.29, 0.717) is 10.6 Å². The number of nitrogens with two attached hydrogens (primary N) is 1. The lowest BCUT2D eigenvalue weighted by Crippen LogP contribution is -2.47. The number of piperidine rings is 1. The Morgan fingerprint density at radius 3 is 2.71 bits per heavy atom. The number of hydrogen-bond acceptors (Lipinski definition) is 4. The Morgan fingerprint density at radius 2 is 2.04 bits per heavy atom. The maximum Gasteiger partial charge on any atom is 0.266 e. The third-order valence-corrected chi connectivity index (χ3v) is 6.16. The molecule has 2 aromatic heterocycles. The number of pyridine rings is 1. The van der Waals surface area contributed by atoms with Gasteiger partial charge in [-0.05, 0) is 58.1 Å². The summed E-state index contributed by atoms with van der Waals surface area (Å²) in [5, 5.41) is 0.918. The first-order valence-electron chi connectivity index (χ1n) is 9.03. The van der Waals surface area contributed by atoms with Gasteiger partial charge in [0.05, 0.1) is 5.69 Å². The van der Waals surface area contributed by atoms with E-state index < -0.39 is 0 Å². The predicted octanol–water partition coefficient (Wildman–Crippen LogP) is 4.62. The highest BCUT2D eigenvalue weighted by Crippen LogP contribution is 2.35. The van der Waals surface area contributed by atoms with Gasteiger partial charge in [0.1, 0.15) is 9.71 Å². The number of amides is 1. The van der Waals surface area contributed by atoms with Crippen LogP contribution in [-0.4, -0.2) is 27.9 Å². The standard InChI is InChI=1S/C19H27N3OS/c1-4-5-9-14-10-11-15-16(20)17(24-18(15)21-14)19(23)22-12(2)7-6-8-13(22)3/h10-13H,4-9,20H2,1-3H3/t12-,13-/m0/s1. The number of aryl methyl sites for hydroxylation is 1. The van der Waals surface area contributed by atoms with Gasteiger partial charge in [0, 0.05) is 23.2 Å². The number of carbonyl (C=O) groups is 1. The average Bonchev–Trinajstić information content (AvgIpc) is 2.89. The third-order valence-electron chi connectivity index (χ3n) is 5.06. The molecular weight excluding hydrogens is 318 g/mol. The summed E-state index contributed by atoms with van der Waals surface area (Å²) in [4.78, 5) is 21.4. The quantitative estimate of drug-likeness (QED) is 0.879. The number of unbranched alkanes of at least 4 members (excludes halogenated alkanes) is 1. The first kappa shape index (κ1) is 17.2. The molecule has 1 fully saturated rings. The molecule has 130 valence electrons. The zero-order valence-electron chi connectivity index (χ0n) is 14.8. The normalized spacial score (nSPS) is 21.4.